The van der Waals surface area contributed by atoms with Crippen molar-refractivity contribution in [2.24, 2.45) is 0 Å². The van der Waals surface area contributed by atoms with Crippen LogP contribution in [0.15, 0.2) is 35.4 Å². The standard InChI is InChI=1S/C23H31N5O6Si/c1-4-35(5-2,6-3)15-10-8-7-9-13(15)22(32)34-18-14(11-29)33-21(17(18)30)28-12-25-16-19(28)26-23(24)27-20(16)31/h7-10,12,14,17-18,21,29-30H,4-6,11H2,1-3H3,(H3,24,26,27,31)/t14-,17-,18-,21-/m1/s1. The van der Waals surface area contributed by atoms with Gasteiger partial charge in [-0.3, -0.25) is 14.3 Å². The molecule has 4 rings (SSSR count). The zero-order valence-electron chi connectivity index (χ0n) is 20.0. The van der Waals surface area contributed by atoms with Crippen molar-refractivity contribution in [3.8, 4) is 0 Å². The second-order valence-corrected chi connectivity index (χ2v) is 14.0. The molecular weight excluding hydrogens is 470 g/mol. The number of fused-ring (bicyclic) bond motifs is 1. The smallest absolute Gasteiger partial charge is 0.338 e. The van der Waals surface area contributed by atoms with Crippen molar-refractivity contribution in [1.29, 1.82) is 0 Å². The van der Waals surface area contributed by atoms with Crippen molar-refractivity contribution < 1.29 is 24.5 Å². The zero-order valence-corrected chi connectivity index (χ0v) is 21.0. The number of nitrogens with one attached hydrogen (secondary N) is 1. The number of benzene rings is 1. The lowest BCUT2D eigenvalue weighted by atomic mass is 10.1. The lowest BCUT2D eigenvalue weighted by Gasteiger charge is -2.30. The summed E-state index contributed by atoms with van der Waals surface area (Å²) in [4.78, 5) is 36.0. The molecule has 12 heteroatoms. The highest BCUT2D eigenvalue weighted by molar-refractivity contribution is 6.92. The van der Waals surface area contributed by atoms with Crippen LogP contribution >= 0.6 is 0 Å². The maximum Gasteiger partial charge on any atom is 0.338 e. The van der Waals surface area contributed by atoms with Crippen molar-refractivity contribution in [1.82, 2.24) is 19.5 Å². The van der Waals surface area contributed by atoms with Crippen LogP contribution in [0.1, 0.15) is 37.4 Å². The van der Waals surface area contributed by atoms with E-state index in [4.69, 9.17) is 15.2 Å². The Hall–Kier alpha value is -3.06. The molecule has 1 aromatic carbocycles. The lowest BCUT2D eigenvalue weighted by Crippen LogP contribution is -2.49. The van der Waals surface area contributed by atoms with Gasteiger partial charge in [-0.15, -0.1) is 0 Å². The molecule has 1 saturated heterocycles. The van der Waals surface area contributed by atoms with Crippen molar-refractivity contribution in [2.75, 3.05) is 12.3 Å². The molecule has 4 atom stereocenters. The average Bonchev–Trinajstić information content (AvgIpc) is 3.41. The predicted octanol–water partition coefficient (Wildman–Crippen LogP) is 0.894. The van der Waals surface area contributed by atoms with Gasteiger partial charge in [-0.1, -0.05) is 57.1 Å². The molecule has 0 unspecified atom stereocenters. The fourth-order valence-electron chi connectivity index (χ4n) is 5.00. The van der Waals surface area contributed by atoms with Gasteiger partial charge in [-0.05, 0) is 11.3 Å². The van der Waals surface area contributed by atoms with Gasteiger partial charge >= 0.3 is 5.97 Å². The summed E-state index contributed by atoms with van der Waals surface area (Å²) in [5, 5.41) is 22.0. The predicted molar refractivity (Wildman–Crippen MR) is 132 cm³/mol. The summed E-state index contributed by atoms with van der Waals surface area (Å²) in [7, 11) is -1.91. The molecule has 1 aliphatic rings. The number of rotatable bonds is 8. The van der Waals surface area contributed by atoms with Gasteiger partial charge in [0.25, 0.3) is 5.56 Å². The SMILES string of the molecule is CC[Si](CC)(CC)c1ccccc1C(=O)O[C@H]1[C@@H](O)[C@H](n2cnc3c(=O)[nH]c(N)nc32)O[C@@H]1CO. The number of nitrogen functional groups attached to an aromatic ring is 1. The van der Waals surface area contributed by atoms with E-state index in [1.54, 1.807) is 12.1 Å². The summed E-state index contributed by atoms with van der Waals surface area (Å²) in [5.74, 6) is -0.695. The number of hydrogen-bond acceptors (Lipinski definition) is 9. The number of nitrogens with two attached hydrogens (primary N) is 1. The summed E-state index contributed by atoms with van der Waals surface area (Å²) in [6.07, 6.45) is -3.31. The number of carbonyl (C=O) groups is 1. The number of H-pyrrole nitrogens is 1. The number of aliphatic hydroxyl groups is 2. The van der Waals surface area contributed by atoms with E-state index in [0.717, 1.165) is 23.3 Å². The van der Waals surface area contributed by atoms with E-state index in [0.29, 0.717) is 5.56 Å². The van der Waals surface area contributed by atoms with E-state index in [1.807, 2.05) is 12.1 Å². The second kappa shape index (κ2) is 9.89. The number of ether oxygens (including phenoxy) is 2. The molecular formula is C23H31N5O6Si. The van der Waals surface area contributed by atoms with Gasteiger partial charge in [0.05, 0.1) is 26.6 Å². The van der Waals surface area contributed by atoms with Gasteiger partial charge in [0.2, 0.25) is 5.95 Å². The van der Waals surface area contributed by atoms with Crippen LogP contribution in [0.5, 0.6) is 0 Å². The number of imidazole rings is 1. The van der Waals surface area contributed by atoms with Gasteiger partial charge in [-0.2, -0.15) is 4.98 Å². The highest BCUT2D eigenvalue weighted by atomic mass is 28.3. The highest BCUT2D eigenvalue weighted by Gasteiger charge is 2.48. The van der Waals surface area contributed by atoms with Crippen LogP contribution in [-0.4, -0.2) is 68.7 Å². The van der Waals surface area contributed by atoms with E-state index in [9.17, 15) is 19.8 Å². The van der Waals surface area contributed by atoms with Crippen molar-refractivity contribution in [3.63, 3.8) is 0 Å². The third-order valence-electron chi connectivity index (χ3n) is 7.21. The summed E-state index contributed by atoms with van der Waals surface area (Å²) < 4.78 is 12.9. The Labute approximate surface area is 202 Å². The van der Waals surface area contributed by atoms with Crippen LogP contribution in [0.2, 0.25) is 18.1 Å². The van der Waals surface area contributed by atoms with E-state index in [-0.39, 0.29) is 17.1 Å². The second-order valence-electron chi connectivity index (χ2n) is 8.77. The topological polar surface area (TPSA) is 166 Å². The summed E-state index contributed by atoms with van der Waals surface area (Å²) in [6, 6.07) is 10.4. The molecule has 11 nitrogen and oxygen atoms in total. The van der Waals surface area contributed by atoms with Crippen LogP contribution < -0.4 is 16.5 Å². The monoisotopic (exact) mass is 501 g/mol. The first-order valence-corrected chi connectivity index (χ1v) is 14.4. The molecule has 0 spiro atoms. The van der Waals surface area contributed by atoms with E-state index < -0.39 is 50.7 Å². The van der Waals surface area contributed by atoms with Crippen LogP contribution in [-0.2, 0) is 9.47 Å². The van der Waals surface area contributed by atoms with Crippen LogP contribution in [0.4, 0.5) is 5.95 Å². The van der Waals surface area contributed by atoms with Gasteiger partial charge in [-0.25, -0.2) is 9.78 Å². The fraction of sp³-hybridized carbons (Fsp3) is 0.478. The highest BCUT2D eigenvalue weighted by Crippen LogP contribution is 2.33. The molecule has 1 fully saturated rings. The van der Waals surface area contributed by atoms with Crippen molar-refractivity contribution in [2.45, 2.75) is 63.4 Å². The van der Waals surface area contributed by atoms with Crippen molar-refractivity contribution >= 4 is 36.3 Å². The Kier molecular flexibility index (Phi) is 7.08. The fourth-order valence-corrected chi connectivity index (χ4v) is 8.85. The number of aliphatic hydroxyl groups excluding tert-OH is 2. The largest absolute Gasteiger partial charge is 0.453 e. The number of aromatic nitrogens is 4. The first-order chi connectivity index (χ1) is 16.8. The van der Waals surface area contributed by atoms with Gasteiger partial charge < -0.3 is 25.4 Å². The Balaban J connectivity index is 1.65. The maximum atomic E-state index is 13.4. The van der Waals surface area contributed by atoms with E-state index in [1.165, 1.54) is 10.9 Å². The van der Waals surface area contributed by atoms with Gasteiger partial charge in [0.15, 0.2) is 23.5 Å². The zero-order chi connectivity index (χ0) is 25.3. The minimum Gasteiger partial charge on any atom is -0.453 e. The number of nitrogens with zero attached hydrogens (tertiary/aromatic N) is 3. The molecule has 3 aromatic rings. The number of carbonyl (C=O) groups excluding carboxylic acids is 1. The molecule has 0 radical (unpaired) electrons. The Bertz CT molecular complexity index is 1260. The van der Waals surface area contributed by atoms with E-state index in [2.05, 4.69) is 35.7 Å². The van der Waals surface area contributed by atoms with Gasteiger partial charge in [0.1, 0.15) is 12.2 Å². The third kappa shape index (κ3) is 4.26. The minimum atomic E-state index is -1.91. The molecule has 0 amide bonds. The minimum absolute atomic E-state index is 0.0184. The molecule has 0 bridgehead atoms. The Morgan fingerprint density at radius 1 is 1.26 bits per heavy atom. The number of aromatic amines is 1. The Morgan fingerprint density at radius 3 is 2.60 bits per heavy atom. The lowest BCUT2D eigenvalue weighted by molar-refractivity contribution is -0.0529. The van der Waals surface area contributed by atoms with Crippen LogP contribution in [0.3, 0.4) is 0 Å². The molecule has 3 heterocycles. The molecule has 2 aromatic heterocycles. The first-order valence-electron chi connectivity index (χ1n) is 11.8. The summed E-state index contributed by atoms with van der Waals surface area (Å²) in [5.41, 5.74) is 5.73. The summed E-state index contributed by atoms with van der Waals surface area (Å²) >= 11 is 0. The molecule has 35 heavy (non-hydrogen) atoms. The van der Waals surface area contributed by atoms with Crippen LogP contribution in [0, 0.1) is 0 Å². The normalized spacial score (nSPS) is 22.5. The molecule has 0 saturated carbocycles. The third-order valence-corrected chi connectivity index (χ3v) is 12.8. The number of anilines is 1. The number of esters is 1. The summed E-state index contributed by atoms with van der Waals surface area (Å²) in [6.45, 7) is 5.98. The first kappa shape index (κ1) is 25.0. The van der Waals surface area contributed by atoms with Gasteiger partial charge in [0, 0.05) is 0 Å². The van der Waals surface area contributed by atoms with E-state index >= 15 is 0 Å². The molecule has 1 aliphatic heterocycles. The quantitative estimate of drug-likeness (QED) is 0.259. The molecule has 188 valence electrons. The molecule has 0 aliphatic carbocycles. The number of hydrogen-bond donors (Lipinski definition) is 4. The maximum absolute atomic E-state index is 13.4. The molecule has 5 N–H and O–H groups in total. The van der Waals surface area contributed by atoms with Crippen LogP contribution in [0.25, 0.3) is 11.2 Å². The Morgan fingerprint density at radius 2 is 1.94 bits per heavy atom. The van der Waals surface area contributed by atoms with Crippen molar-refractivity contribution in [3.05, 3.63) is 46.5 Å². The average molecular weight is 502 g/mol.